The Morgan fingerprint density at radius 3 is 2.11 bits per heavy atom. The summed E-state index contributed by atoms with van der Waals surface area (Å²) in [4.78, 5) is 0. The summed E-state index contributed by atoms with van der Waals surface area (Å²) < 4.78 is 11.6. The van der Waals surface area contributed by atoms with E-state index in [9.17, 15) is 0 Å². The average molecular weight is 284 g/mol. The van der Waals surface area contributed by atoms with Gasteiger partial charge in [-0.2, -0.15) is 12.6 Å². The Labute approximate surface area is 117 Å². The highest BCUT2D eigenvalue weighted by Crippen LogP contribution is 2.17. The van der Waals surface area contributed by atoms with Crippen molar-refractivity contribution in [2.45, 2.75) is 31.7 Å². The summed E-state index contributed by atoms with van der Waals surface area (Å²) in [6, 6.07) is 11.4. The van der Waals surface area contributed by atoms with Crippen molar-refractivity contribution in [3.63, 3.8) is 0 Å². The van der Waals surface area contributed by atoms with Crippen molar-refractivity contribution in [3.05, 3.63) is 30.3 Å². The third-order valence-electron chi connectivity index (χ3n) is 3.29. The van der Waals surface area contributed by atoms with Crippen molar-refractivity contribution in [3.8, 4) is 0 Å². The van der Waals surface area contributed by atoms with Gasteiger partial charge in [-0.1, -0.05) is 49.6 Å². The summed E-state index contributed by atoms with van der Waals surface area (Å²) in [7, 11) is 1.35. The molecule has 0 aliphatic rings. The van der Waals surface area contributed by atoms with Crippen LogP contribution in [0.5, 0.6) is 0 Å². The fraction of sp³-hybridized carbons (Fsp3) is 0.571. The smallest absolute Gasteiger partial charge is 0.371 e. The molecule has 0 heterocycles. The summed E-state index contributed by atoms with van der Waals surface area (Å²) >= 11 is 4.23. The van der Waals surface area contributed by atoms with Gasteiger partial charge in [-0.25, -0.2) is 0 Å². The van der Waals surface area contributed by atoms with Crippen molar-refractivity contribution >= 4 is 26.4 Å². The molecule has 1 rings (SSSR count). The molecule has 4 heteroatoms. The van der Waals surface area contributed by atoms with Crippen molar-refractivity contribution < 1.29 is 8.85 Å². The molecule has 0 saturated carbocycles. The van der Waals surface area contributed by atoms with Gasteiger partial charge in [-0.05, 0) is 23.4 Å². The van der Waals surface area contributed by atoms with Gasteiger partial charge >= 0.3 is 8.56 Å². The van der Waals surface area contributed by atoms with E-state index in [2.05, 4.69) is 36.9 Å². The van der Waals surface area contributed by atoms with Crippen LogP contribution in [0.15, 0.2) is 30.3 Å². The zero-order chi connectivity index (χ0) is 13.3. The number of rotatable bonds is 9. The Bertz CT molecular complexity index is 315. The van der Waals surface area contributed by atoms with Crippen LogP contribution in [0, 0.1) is 0 Å². The van der Waals surface area contributed by atoms with Crippen LogP contribution in [0.1, 0.15) is 25.7 Å². The van der Waals surface area contributed by atoms with E-state index in [0.717, 1.165) is 18.2 Å². The number of unbranched alkanes of at least 4 members (excludes halogenated alkanes) is 3. The van der Waals surface area contributed by atoms with Gasteiger partial charge in [0.2, 0.25) is 0 Å². The lowest BCUT2D eigenvalue weighted by atomic mass is 10.2. The molecule has 2 nitrogen and oxygen atoms in total. The highest BCUT2D eigenvalue weighted by atomic mass is 32.1. The standard InChI is InChI=1S/C14H24O2SSi/c1-15-18(16-2,13-9-4-3-8-12-17)14-10-6-5-7-11-14/h5-7,10-11,17H,3-4,8-9,12-13H2,1-2H3. The lowest BCUT2D eigenvalue weighted by molar-refractivity contribution is 0.256. The minimum atomic E-state index is -2.20. The van der Waals surface area contributed by atoms with E-state index in [1.165, 1.54) is 24.4 Å². The van der Waals surface area contributed by atoms with Crippen LogP contribution < -0.4 is 5.19 Å². The normalized spacial score (nSPS) is 11.7. The highest BCUT2D eigenvalue weighted by molar-refractivity contribution is 7.80. The Morgan fingerprint density at radius 1 is 0.944 bits per heavy atom. The second-order valence-corrected chi connectivity index (χ2v) is 8.26. The Morgan fingerprint density at radius 2 is 1.56 bits per heavy atom. The molecule has 0 bridgehead atoms. The number of hydrogen-bond donors (Lipinski definition) is 1. The van der Waals surface area contributed by atoms with Crippen molar-refractivity contribution in [1.29, 1.82) is 0 Å². The molecule has 102 valence electrons. The van der Waals surface area contributed by atoms with Gasteiger partial charge in [-0.15, -0.1) is 0 Å². The second-order valence-electron chi connectivity index (χ2n) is 4.42. The van der Waals surface area contributed by atoms with Crippen LogP contribution >= 0.6 is 12.6 Å². The predicted octanol–water partition coefficient (Wildman–Crippen LogP) is 3.12. The zero-order valence-corrected chi connectivity index (χ0v) is 13.3. The van der Waals surface area contributed by atoms with Crippen molar-refractivity contribution in [2.24, 2.45) is 0 Å². The van der Waals surface area contributed by atoms with Crippen LogP contribution in [-0.4, -0.2) is 28.5 Å². The maximum atomic E-state index is 5.78. The molecule has 0 atom stereocenters. The number of thiol groups is 1. The van der Waals surface area contributed by atoms with Crippen LogP contribution in [0.3, 0.4) is 0 Å². The molecule has 0 unspecified atom stereocenters. The first-order chi connectivity index (χ1) is 8.79. The predicted molar refractivity (Wildman–Crippen MR) is 83.0 cm³/mol. The van der Waals surface area contributed by atoms with E-state index in [1.807, 2.05) is 6.07 Å². The molecular formula is C14H24O2SSi. The van der Waals surface area contributed by atoms with Crippen LogP contribution in [0.25, 0.3) is 0 Å². The molecule has 0 radical (unpaired) electrons. The molecule has 0 spiro atoms. The van der Waals surface area contributed by atoms with Gasteiger partial charge < -0.3 is 8.85 Å². The zero-order valence-electron chi connectivity index (χ0n) is 11.4. The molecule has 1 aromatic rings. The van der Waals surface area contributed by atoms with Crippen molar-refractivity contribution in [2.75, 3.05) is 20.0 Å². The largest absolute Gasteiger partial charge is 0.394 e. The number of benzene rings is 1. The molecule has 18 heavy (non-hydrogen) atoms. The monoisotopic (exact) mass is 284 g/mol. The molecule has 0 aliphatic carbocycles. The summed E-state index contributed by atoms with van der Waals surface area (Å²) in [5.41, 5.74) is 0. The van der Waals surface area contributed by atoms with Gasteiger partial charge in [0.05, 0.1) is 0 Å². The van der Waals surface area contributed by atoms with Gasteiger partial charge in [0.25, 0.3) is 0 Å². The first-order valence-corrected chi connectivity index (χ1v) is 9.21. The first-order valence-electron chi connectivity index (χ1n) is 6.56. The Balaban J connectivity index is 2.58. The maximum absolute atomic E-state index is 5.78. The van der Waals surface area contributed by atoms with E-state index in [4.69, 9.17) is 8.85 Å². The van der Waals surface area contributed by atoms with Gasteiger partial charge in [0.1, 0.15) is 0 Å². The molecule has 0 aromatic heterocycles. The van der Waals surface area contributed by atoms with Crippen LogP contribution in [0.4, 0.5) is 0 Å². The van der Waals surface area contributed by atoms with Crippen LogP contribution in [0.2, 0.25) is 6.04 Å². The SMILES string of the molecule is CO[Si](CCCCCCS)(OC)c1ccccc1. The van der Waals surface area contributed by atoms with Crippen molar-refractivity contribution in [1.82, 2.24) is 0 Å². The fourth-order valence-corrected chi connectivity index (χ4v) is 5.16. The molecule has 0 amide bonds. The molecule has 0 fully saturated rings. The van der Waals surface area contributed by atoms with E-state index in [1.54, 1.807) is 14.2 Å². The summed E-state index contributed by atoms with van der Waals surface area (Å²) in [5.74, 6) is 0.982. The lowest BCUT2D eigenvalue weighted by Crippen LogP contribution is -2.52. The summed E-state index contributed by atoms with van der Waals surface area (Å²) in [5, 5.41) is 1.23. The Hall–Kier alpha value is -0.293. The summed E-state index contributed by atoms with van der Waals surface area (Å²) in [6.07, 6.45) is 4.84. The first kappa shape index (κ1) is 15.8. The third-order valence-corrected chi connectivity index (χ3v) is 7.15. The van der Waals surface area contributed by atoms with Crippen LogP contribution in [-0.2, 0) is 8.85 Å². The average Bonchev–Trinajstić information content (AvgIpc) is 2.44. The third kappa shape index (κ3) is 4.43. The fourth-order valence-electron chi connectivity index (χ4n) is 2.18. The van der Waals surface area contributed by atoms with E-state index in [-0.39, 0.29) is 0 Å². The summed E-state index contributed by atoms with van der Waals surface area (Å²) in [6.45, 7) is 0. The molecular weight excluding hydrogens is 260 g/mol. The number of hydrogen-bond acceptors (Lipinski definition) is 3. The Kier molecular flexibility index (Phi) is 7.66. The highest BCUT2D eigenvalue weighted by Gasteiger charge is 2.37. The maximum Gasteiger partial charge on any atom is 0.371 e. The lowest BCUT2D eigenvalue weighted by Gasteiger charge is -2.27. The molecule has 1 aromatic carbocycles. The van der Waals surface area contributed by atoms with E-state index in [0.29, 0.717) is 0 Å². The van der Waals surface area contributed by atoms with Gasteiger partial charge in [0, 0.05) is 14.2 Å². The molecule has 0 saturated heterocycles. The topological polar surface area (TPSA) is 18.5 Å². The second kappa shape index (κ2) is 8.75. The minimum Gasteiger partial charge on any atom is -0.394 e. The minimum absolute atomic E-state index is 0.982. The van der Waals surface area contributed by atoms with E-state index < -0.39 is 8.56 Å². The van der Waals surface area contributed by atoms with Gasteiger partial charge in [-0.3, -0.25) is 0 Å². The van der Waals surface area contributed by atoms with E-state index >= 15 is 0 Å². The molecule has 0 N–H and O–H groups in total. The molecule has 0 aliphatic heterocycles. The van der Waals surface area contributed by atoms with Gasteiger partial charge in [0.15, 0.2) is 0 Å². The quantitative estimate of drug-likeness (QED) is 0.427.